The fourth-order valence-electron chi connectivity index (χ4n) is 0.431. The van der Waals surface area contributed by atoms with Gasteiger partial charge in [-0.2, -0.15) is 0 Å². The molecule has 0 saturated heterocycles. The molecule has 1 heterocycles. The molecule has 0 aromatic carbocycles. The van der Waals surface area contributed by atoms with Gasteiger partial charge >= 0.3 is 0 Å². The van der Waals surface area contributed by atoms with Gasteiger partial charge in [0.2, 0.25) is 0 Å². The van der Waals surface area contributed by atoms with Crippen LogP contribution in [0.1, 0.15) is 0 Å². The van der Waals surface area contributed by atoms with Crippen molar-refractivity contribution in [3.05, 3.63) is 12.3 Å². The highest BCUT2D eigenvalue weighted by molar-refractivity contribution is 5.81. The van der Waals surface area contributed by atoms with Gasteiger partial charge in [0.05, 0.1) is 0 Å². The maximum Gasteiger partial charge on any atom is 0.253 e. The van der Waals surface area contributed by atoms with Gasteiger partial charge in [0.25, 0.3) is 5.91 Å². The van der Waals surface area contributed by atoms with Gasteiger partial charge in [0.1, 0.15) is 0 Å². The van der Waals surface area contributed by atoms with Crippen LogP contribution in [0.15, 0.2) is 12.3 Å². The van der Waals surface area contributed by atoms with Gasteiger partial charge < -0.3 is 5.73 Å². The van der Waals surface area contributed by atoms with Crippen LogP contribution in [0.5, 0.6) is 0 Å². The van der Waals surface area contributed by atoms with E-state index in [1.165, 1.54) is 6.20 Å². The molecule has 0 spiro atoms. The van der Waals surface area contributed by atoms with E-state index in [1.807, 2.05) is 0 Å². The Balaban J connectivity index is 2.48. The molecule has 1 aliphatic heterocycles. The second-order valence-corrected chi connectivity index (χ2v) is 1.42. The maximum atomic E-state index is 10.2. The van der Waals surface area contributed by atoms with Gasteiger partial charge in [-0.3, -0.25) is 15.1 Å². The molecule has 1 aliphatic rings. The van der Waals surface area contributed by atoms with Crippen LogP contribution in [-0.2, 0) is 9.63 Å². The van der Waals surface area contributed by atoms with Crippen molar-refractivity contribution in [3.63, 3.8) is 0 Å². The fourth-order valence-corrected chi connectivity index (χ4v) is 0.431. The summed E-state index contributed by atoms with van der Waals surface area (Å²) in [5.41, 5.74) is 7.21. The van der Waals surface area contributed by atoms with Crippen molar-refractivity contribution in [1.29, 1.82) is 0 Å². The summed E-state index contributed by atoms with van der Waals surface area (Å²) in [7, 11) is 0. The Hall–Kier alpha value is -1.03. The number of hydroxylamine groups is 1. The SMILES string of the molecule is NC(=O)C1C=CNO1. The molecule has 0 aromatic rings. The lowest BCUT2D eigenvalue weighted by atomic mass is 10.3. The lowest BCUT2D eigenvalue weighted by molar-refractivity contribution is -0.127. The van der Waals surface area contributed by atoms with Crippen molar-refractivity contribution in [2.75, 3.05) is 0 Å². The first-order valence-electron chi connectivity index (χ1n) is 2.18. The molecule has 3 N–H and O–H groups in total. The zero-order valence-corrected chi connectivity index (χ0v) is 4.13. The van der Waals surface area contributed by atoms with E-state index in [4.69, 9.17) is 5.73 Å². The van der Waals surface area contributed by atoms with Crippen LogP contribution in [0.3, 0.4) is 0 Å². The Kier molecular flexibility index (Phi) is 1.17. The first-order chi connectivity index (χ1) is 3.80. The molecule has 0 fully saturated rings. The average molecular weight is 114 g/mol. The van der Waals surface area contributed by atoms with E-state index in [9.17, 15) is 4.79 Å². The molecule has 1 rings (SSSR count). The van der Waals surface area contributed by atoms with E-state index in [1.54, 1.807) is 6.08 Å². The number of nitrogens with two attached hydrogens (primary N) is 1. The van der Waals surface area contributed by atoms with Crippen LogP contribution in [0.25, 0.3) is 0 Å². The molecule has 4 heteroatoms. The number of carbonyl (C=O) groups is 1. The zero-order valence-electron chi connectivity index (χ0n) is 4.13. The minimum absolute atomic E-state index is 0.480. The van der Waals surface area contributed by atoms with E-state index < -0.39 is 12.0 Å². The zero-order chi connectivity index (χ0) is 5.98. The summed E-state index contributed by atoms with van der Waals surface area (Å²) < 4.78 is 0. The minimum atomic E-state index is -0.588. The molecular weight excluding hydrogens is 108 g/mol. The number of hydrogen-bond acceptors (Lipinski definition) is 3. The van der Waals surface area contributed by atoms with Gasteiger partial charge in [-0.1, -0.05) is 0 Å². The normalized spacial score (nSPS) is 25.2. The quantitative estimate of drug-likeness (QED) is 0.454. The number of primary amides is 1. The summed E-state index contributed by atoms with van der Waals surface area (Å²) >= 11 is 0. The number of amides is 1. The molecule has 0 bridgehead atoms. The van der Waals surface area contributed by atoms with Crippen molar-refractivity contribution in [1.82, 2.24) is 5.48 Å². The van der Waals surface area contributed by atoms with Crippen LogP contribution < -0.4 is 11.2 Å². The van der Waals surface area contributed by atoms with Crippen molar-refractivity contribution < 1.29 is 9.63 Å². The largest absolute Gasteiger partial charge is 0.367 e. The molecule has 44 valence electrons. The number of nitrogens with one attached hydrogen (secondary N) is 1. The molecule has 0 saturated carbocycles. The van der Waals surface area contributed by atoms with E-state index in [2.05, 4.69) is 10.3 Å². The second-order valence-electron chi connectivity index (χ2n) is 1.42. The van der Waals surface area contributed by atoms with Crippen LogP contribution in [0, 0.1) is 0 Å². The third-order valence-electron chi connectivity index (χ3n) is 0.814. The molecule has 0 aliphatic carbocycles. The van der Waals surface area contributed by atoms with Crippen LogP contribution in [0.2, 0.25) is 0 Å². The lowest BCUT2D eigenvalue weighted by Gasteiger charge is -1.98. The van der Waals surface area contributed by atoms with Gasteiger partial charge in [-0.25, -0.2) is 0 Å². The van der Waals surface area contributed by atoms with Crippen LogP contribution in [0.4, 0.5) is 0 Å². The molecule has 0 radical (unpaired) electrons. The standard InChI is InChI=1S/C4H6N2O2/c5-4(7)3-1-2-6-8-3/h1-3,6H,(H2,5,7). The topological polar surface area (TPSA) is 64.4 Å². The van der Waals surface area contributed by atoms with Crippen LogP contribution in [-0.4, -0.2) is 12.0 Å². The highest BCUT2D eigenvalue weighted by Gasteiger charge is 2.14. The molecule has 1 unspecified atom stereocenters. The van der Waals surface area contributed by atoms with Crippen molar-refractivity contribution in [2.45, 2.75) is 6.10 Å². The molecule has 0 aromatic heterocycles. The Morgan fingerprint density at radius 1 is 1.88 bits per heavy atom. The monoisotopic (exact) mass is 114 g/mol. The smallest absolute Gasteiger partial charge is 0.253 e. The minimum Gasteiger partial charge on any atom is -0.367 e. The Bertz CT molecular complexity index is 132. The first-order valence-corrected chi connectivity index (χ1v) is 2.18. The highest BCUT2D eigenvalue weighted by atomic mass is 16.7. The van der Waals surface area contributed by atoms with Gasteiger partial charge in [-0.15, -0.1) is 0 Å². The molecule has 8 heavy (non-hydrogen) atoms. The summed E-state index contributed by atoms with van der Waals surface area (Å²) in [5, 5.41) is 0. The van der Waals surface area contributed by atoms with Crippen LogP contribution >= 0.6 is 0 Å². The summed E-state index contributed by atoms with van der Waals surface area (Å²) in [6.45, 7) is 0. The predicted octanol–water partition coefficient (Wildman–Crippen LogP) is -1.11. The Labute approximate surface area is 46.3 Å². The summed E-state index contributed by atoms with van der Waals surface area (Å²) in [6.07, 6.45) is 2.48. The van der Waals surface area contributed by atoms with Crippen molar-refractivity contribution in [2.24, 2.45) is 5.73 Å². The number of hydrogen-bond donors (Lipinski definition) is 2. The summed E-state index contributed by atoms with van der Waals surface area (Å²) in [6, 6.07) is 0. The summed E-state index contributed by atoms with van der Waals surface area (Å²) in [4.78, 5) is 14.8. The molecule has 4 nitrogen and oxygen atoms in total. The number of rotatable bonds is 1. The van der Waals surface area contributed by atoms with Crippen molar-refractivity contribution in [3.8, 4) is 0 Å². The third kappa shape index (κ3) is 0.788. The van der Waals surface area contributed by atoms with E-state index in [0.29, 0.717) is 0 Å². The highest BCUT2D eigenvalue weighted by Crippen LogP contribution is 1.95. The van der Waals surface area contributed by atoms with E-state index in [0.717, 1.165) is 0 Å². The van der Waals surface area contributed by atoms with E-state index >= 15 is 0 Å². The third-order valence-corrected chi connectivity index (χ3v) is 0.814. The maximum absolute atomic E-state index is 10.2. The summed E-state index contributed by atoms with van der Waals surface area (Å²) in [5.74, 6) is -0.480. The second kappa shape index (κ2) is 1.83. The van der Waals surface area contributed by atoms with Gasteiger partial charge in [-0.05, 0) is 6.08 Å². The molecule has 1 atom stereocenters. The Morgan fingerprint density at radius 3 is 2.88 bits per heavy atom. The van der Waals surface area contributed by atoms with Gasteiger partial charge in [0, 0.05) is 6.20 Å². The number of carbonyl (C=O) groups excluding carboxylic acids is 1. The fraction of sp³-hybridized carbons (Fsp3) is 0.250. The van der Waals surface area contributed by atoms with Crippen molar-refractivity contribution >= 4 is 5.91 Å². The first kappa shape index (κ1) is 5.11. The average Bonchev–Trinajstić information content (AvgIpc) is 2.12. The predicted molar refractivity (Wildman–Crippen MR) is 26.3 cm³/mol. The van der Waals surface area contributed by atoms with Gasteiger partial charge in [0.15, 0.2) is 6.10 Å². The molecular formula is C4H6N2O2. The Morgan fingerprint density at radius 2 is 2.62 bits per heavy atom. The molecule has 1 amide bonds. The lowest BCUT2D eigenvalue weighted by Crippen LogP contribution is -2.28. The van der Waals surface area contributed by atoms with E-state index in [-0.39, 0.29) is 0 Å².